The second-order valence-electron chi connectivity index (χ2n) is 4.05. The van der Waals surface area contributed by atoms with Crippen LogP contribution >= 0.6 is 0 Å². The van der Waals surface area contributed by atoms with E-state index >= 15 is 0 Å². The molecule has 1 N–H and O–H groups in total. The minimum Gasteiger partial charge on any atom is -0.492 e. The number of benzene rings is 1. The van der Waals surface area contributed by atoms with Gasteiger partial charge in [0, 0.05) is 12.1 Å². The third-order valence-corrected chi connectivity index (χ3v) is 2.26. The van der Waals surface area contributed by atoms with Gasteiger partial charge in [-0.3, -0.25) is 0 Å². The van der Waals surface area contributed by atoms with E-state index in [1.54, 1.807) is 0 Å². The molecule has 0 bridgehead atoms. The van der Waals surface area contributed by atoms with Crippen LogP contribution in [0.25, 0.3) is 0 Å². The van der Waals surface area contributed by atoms with Crippen molar-refractivity contribution in [1.82, 2.24) is 5.32 Å². The summed E-state index contributed by atoms with van der Waals surface area (Å²) < 4.78 is 5.70. The van der Waals surface area contributed by atoms with Crippen molar-refractivity contribution in [3.05, 3.63) is 30.3 Å². The van der Waals surface area contributed by atoms with E-state index in [1.807, 2.05) is 30.3 Å². The minimum atomic E-state index is 0.435. The van der Waals surface area contributed by atoms with Crippen LogP contribution in [0.1, 0.15) is 27.2 Å². The largest absolute Gasteiger partial charge is 0.492 e. The van der Waals surface area contributed by atoms with Gasteiger partial charge in [0.2, 0.25) is 0 Å². The molecule has 1 aromatic carbocycles. The average molecular weight is 207 g/mol. The molecule has 0 amide bonds. The van der Waals surface area contributed by atoms with Crippen molar-refractivity contribution in [2.75, 3.05) is 6.61 Å². The Balaban J connectivity index is 2.34. The molecule has 0 fully saturated rings. The van der Waals surface area contributed by atoms with E-state index in [1.165, 1.54) is 0 Å². The highest BCUT2D eigenvalue weighted by Gasteiger charge is 2.07. The van der Waals surface area contributed by atoms with Gasteiger partial charge in [-0.2, -0.15) is 0 Å². The zero-order valence-electron chi connectivity index (χ0n) is 9.86. The lowest BCUT2D eigenvalue weighted by atomic mass is 10.2. The second kappa shape index (κ2) is 6.46. The summed E-state index contributed by atoms with van der Waals surface area (Å²) in [6.07, 6.45) is 1.09. The van der Waals surface area contributed by atoms with Gasteiger partial charge < -0.3 is 10.1 Å². The topological polar surface area (TPSA) is 21.3 Å². The Morgan fingerprint density at radius 2 is 1.87 bits per heavy atom. The summed E-state index contributed by atoms with van der Waals surface area (Å²) in [5, 5.41) is 3.47. The smallest absolute Gasteiger partial charge is 0.119 e. The molecule has 0 aliphatic carbocycles. The van der Waals surface area contributed by atoms with Gasteiger partial charge in [-0.1, -0.05) is 39.0 Å². The number of para-hydroxylation sites is 1. The molecule has 1 unspecified atom stereocenters. The Labute approximate surface area is 92.6 Å². The fourth-order valence-corrected chi connectivity index (χ4v) is 1.47. The lowest BCUT2D eigenvalue weighted by molar-refractivity contribution is 0.252. The van der Waals surface area contributed by atoms with E-state index in [4.69, 9.17) is 4.74 Å². The van der Waals surface area contributed by atoms with Crippen LogP contribution in [0.5, 0.6) is 5.75 Å². The van der Waals surface area contributed by atoms with Gasteiger partial charge in [-0.15, -0.1) is 0 Å². The fraction of sp³-hybridized carbons (Fsp3) is 0.538. The molecule has 1 aromatic rings. The zero-order valence-corrected chi connectivity index (χ0v) is 9.86. The van der Waals surface area contributed by atoms with Gasteiger partial charge in [0.1, 0.15) is 12.4 Å². The fourth-order valence-electron chi connectivity index (χ4n) is 1.47. The summed E-state index contributed by atoms with van der Waals surface area (Å²) in [7, 11) is 0. The lowest BCUT2D eigenvalue weighted by Gasteiger charge is -2.20. The molecule has 1 rings (SSSR count). The number of hydrogen-bond donors (Lipinski definition) is 1. The van der Waals surface area contributed by atoms with Crippen molar-refractivity contribution in [1.29, 1.82) is 0 Å². The van der Waals surface area contributed by atoms with Crippen LogP contribution in [0.4, 0.5) is 0 Å². The predicted octanol–water partition coefficient (Wildman–Crippen LogP) is 2.84. The number of hydrogen-bond acceptors (Lipinski definition) is 2. The van der Waals surface area contributed by atoms with Crippen molar-refractivity contribution in [2.24, 2.45) is 0 Å². The normalized spacial score (nSPS) is 12.8. The molecule has 2 heteroatoms. The van der Waals surface area contributed by atoms with Crippen LogP contribution in [0.3, 0.4) is 0 Å². The molecule has 1 atom stereocenters. The monoisotopic (exact) mass is 207 g/mol. The Kier molecular flexibility index (Phi) is 5.19. The van der Waals surface area contributed by atoms with Crippen LogP contribution in [0.15, 0.2) is 30.3 Å². The summed E-state index contributed by atoms with van der Waals surface area (Å²) >= 11 is 0. The van der Waals surface area contributed by atoms with Gasteiger partial charge in [-0.05, 0) is 18.6 Å². The third-order valence-electron chi connectivity index (χ3n) is 2.26. The first-order chi connectivity index (χ1) is 7.22. The molecule has 0 saturated heterocycles. The molecular weight excluding hydrogens is 186 g/mol. The van der Waals surface area contributed by atoms with E-state index in [9.17, 15) is 0 Å². The predicted molar refractivity (Wildman–Crippen MR) is 64.3 cm³/mol. The second-order valence-corrected chi connectivity index (χ2v) is 4.05. The van der Waals surface area contributed by atoms with Crippen molar-refractivity contribution in [2.45, 2.75) is 39.3 Å². The Morgan fingerprint density at radius 3 is 2.40 bits per heavy atom. The zero-order chi connectivity index (χ0) is 11.1. The van der Waals surface area contributed by atoms with Gasteiger partial charge in [0.25, 0.3) is 0 Å². The molecular formula is C13H21NO. The highest BCUT2D eigenvalue weighted by Crippen LogP contribution is 2.09. The Morgan fingerprint density at radius 1 is 1.20 bits per heavy atom. The maximum atomic E-state index is 5.70. The van der Waals surface area contributed by atoms with Crippen molar-refractivity contribution < 1.29 is 4.74 Å². The Hall–Kier alpha value is -1.02. The summed E-state index contributed by atoms with van der Waals surface area (Å²) in [5.74, 6) is 0.946. The third kappa shape index (κ3) is 4.84. The van der Waals surface area contributed by atoms with Gasteiger partial charge in [-0.25, -0.2) is 0 Å². The molecule has 0 heterocycles. The van der Waals surface area contributed by atoms with E-state index in [2.05, 4.69) is 26.1 Å². The summed E-state index contributed by atoms with van der Waals surface area (Å²) in [5.41, 5.74) is 0. The van der Waals surface area contributed by atoms with Crippen LogP contribution < -0.4 is 10.1 Å². The molecule has 0 saturated carbocycles. The number of nitrogens with one attached hydrogen (secondary N) is 1. The first-order valence-electron chi connectivity index (χ1n) is 5.66. The maximum Gasteiger partial charge on any atom is 0.119 e. The van der Waals surface area contributed by atoms with Gasteiger partial charge in [0.15, 0.2) is 0 Å². The molecule has 0 spiro atoms. The molecule has 0 aromatic heterocycles. The average Bonchev–Trinajstić information content (AvgIpc) is 2.25. The minimum absolute atomic E-state index is 0.435. The number of ether oxygens (including phenoxy) is 1. The Bertz CT molecular complexity index is 258. The van der Waals surface area contributed by atoms with E-state index < -0.39 is 0 Å². The SMILES string of the molecule is CCC(COc1ccccc1)NC(C)C. The summed E-state index contributed by atoms with van der Waals surface area (Å²) in [6.45, 7) is 7.23. The van der Waals surface area contributed by atoms with E-state index in [0.29, 0.717) is 12.1 Å². The molecule has 0 radical (unpaired) electrons. The number of rotatable bonds is 6. The maximum absolute atomic E-state index is 5.70. The molecule has 84 valence electrons. The van der Waals surface area contributed by atoms with E-state index in [0.717, 1.165) is 18.8 Å². The van der Waals surface area contributed by atoms with Crippen LogP contribution in [0.2, 0.25) is 0 Å². The molecule has 0 aliphatic heterocycles. The summed E-state index contributed by atoms with van der Waals surface area (Å²) in [4.78, 5) is 0. The van der Waals surface area contributed by atoms with Gasteiger partial charge >= 0.3 is 0 Å². The van der Waals surface area contributed by atoms with Crippen molar-refractivity contribution in [3.63, 3.8) is 0 Å². The standard InChI is InChI=1S/C13H21NO/c1-4-12(14-11(2)3)10-15-13-8-6-5-7-9-13/h5-9,11-12,14H,4,10H2,1-3H3. The van der Waals surface area contributed by atoms with E-state index in [-0.39, 0.29) is 0 Å². The summed E-state index contributed by atoms with van der Waals surface area (Å²) in [6, 6.07) is 10.9. The molecule has 0 aliphatic rings. The quantitative estimate of drug-likeness (QED) is 0.774. The molecule has 2 nitrogen and oxygen atoms in total. The van der Waals surface area contributed by atoms with Crippen molar-refractivity contribution >= 4 is 0 Å². The lowest BCUT2D eigenvalue weighted by Crippen LogP contribution is -2.38. The van der Waals surface area contributed by atoms with Crippen molar-refractivity contribution in [3.8, 4) is 5.75 Å². The van der Waals surface area contributed by atoms with Crippen LogP contribution in [0, 0.1) is 0 Å². The van der Waals surface area contributed by atoms with Crippen LogP contribution in [-0.2, 0) is 0 Å². The first-order valence-corrected chi connectivity index (χ1v) is 5.66. The van der Waals surface area contributed by atoms with Crippen LogP contribution in [-0.4, -0.2) is 18.7 Å². The molecule has 15 heavy (non-hydrogen) atoms. The van der Waals surface area contributed by atoms with Gasteiger partial charge in [0.05, 0.1) is 0 Å². The highest BCUT2D eigenvalue weighted by atomic mass is 16.5. The highest BCUT2D eigenvalue weighted by molar-refractivity contribution is 5.20. The first kappa shape index (κ1) is 12.1.